The normalized spacial score (nSPS) is 33.3. The lowest BCUT2D eigenvalue weighted by Gasteiger charge is -2.44. The van der Waals surface area contributed by atoms with Crippen LogP contribution in [0.15, 0.2) is 0 Å². The second-order valence-electron chi connectivity index (χ2n) is 8.06. The molecule has 2 fully saturated rings. The molecule has 1 aliphatic heterocycles. The third kappa shape index (κ3) is 3.95. The van der Waals surface area contributed by atoms with Crippen LogP contribution in [0.4, 0.5) is 0 Å². The van der Waals surface area contributed by atoms with E-state index in [-0.39, 0.29) is 0 Å². The minimum Gasteiger partial charge on any atom is -0.304 e. The Balaban J connectivity index is 1.79. The van der Waals surface area contributed by atoms with Crippen LogP contribution >= 0.6 is 0 Å². The van der Waals surface area contributed by atoms with Crippen molar-refractivity contribution in [3.63, 3.8) is 0 Å². The Kier molecular flexibility index (Phi) is 4.94. The average molecular weight is 266 g/mol. The molecule has 1 saturated heterocycles. The van der Waals surface area contributed by atoms with E-state index >= 15 is 0 Å². The lowest BCUT2D eigenvalue weighted by molar-refractivity contribution is 0.0585. The Hall–Kier alpha value is -0.0800. The van der Waals surface area contributed by atoms with E-state index in [1.165, 1.54) is 51.9 Å². The van der Waals surface area contributed by atoms with Crippen molar-refractivity contribution in [3.05, 3.63) is 0 Å². The van der Waals surface area contributed by atoms with Crippen molar-refractivity contribution >= 4 is 0 Å². The van der Waals surface area contributed by atoms with E-state index in [9.17, 15) is 0 Å². The predicted molar refractivity (Wildman–Crippen MR) is 83.4 cm³/mol. The second-order valence-corrected chi connectivity index (χ2v) is 8.06. The van der Waals surface area contributed by atoms with Crippen molar-refractivity contribution in [2.24, 2.45) is 17.3 Å². The topological polar surface area (TPSA) is 6.48 Å². The quantitative estimate of drug-likeness (QED) is 0.755. The van der Waals surface area contributed by atoms with Crippen molar-refractivity contribution in [1.82, 2.24) is 9.80 Å². The van der Waals surface area contributed by atoms with Gasteiger partial charge in [0, 0.05) is 32.2 Å². The summed E-state index contributed by atoms with van der Waals surface area (Å²) in [4.78, 5) is 5.22. The van der Waals surface area contributed by atoms with Gasteiger partial charge in [-0.2, -0.15) is 0 Å². The lowest BCUT2D eigenvalue weighted by atomic mass is 9.68. The molecule has 1 heterocycles. The first-order valence-electron chi connectivity index (χ1n) is 8.30. The smallest absolute Gasteiger partial charge is 0.0113 e. The highest BCUT2D eigenvalue weighted by Gasteiger charge is 2.33. The van der Waals surface area contributed by atoms with Gasteiger partial charge in [-0.15, -0.1) is 0 Å². The molecule has 2 rings (SSSR count). The molecule has 2 nitrogen and oxygen atoms in total. The van der Waals surface area contributed by atoms with E-state index in [1.807, 2.05) is 0 Å². The molecular formula is C17H34N2. The van der Waals surface area contributed by atoms with Gasteiger partial charge in [0.25, 0.3) is 0 Å². The van der Waals surface area contributed by atoms with E-state index in [1.54, 1.807) is 0 Å². The van der Waals surface area contributed by atoms with E-state index < -0.39 is 0 Å². The first-order chi connectivity index (χ1) is 8.88. The fraction of sp³-hybridized carbons (Fsp3) is 1.00. The van der Waals surface area contributed by atoms with Crippen LogP contribution in [0.2, 0.25) is 0 Å². The summed E-state index contributed by atoms with van der Waals surface area (Å²) < 4.78 is 0. The van der Waals surface area contributed by atoms with Gasteiger partial charge in [0.15, 0.2) is 0 Å². The molecule has 0 aromatic rings. The number of piperazine rings is 1. The Morgan fingerprint density at radius 3 is 1.89 bits per heavy atom. The number of hydrogen-bond donors (Lipinski definition) is 0. The highest BCUT2D eigenvalue weighted by molar-refractivity contribution is 4.86. The summed E-state index contributed by atoms with van der Waals surface area (Å²) in [5.41, 5.74) is 0.478. The molecule has 0 amide bonds. The molecule has 0 N–H and O–H groups in total. The predicted octanol–water partition coefficient (Wildman–Crippen LogP) is 3.47. The molecule has 1 saturated carbocycles. The van der Waals surface area contributed by atoms with Gasteiger partial charge in [0.1, 0.15) is 0 Å². The standard InChI is InChI=1S/C17H34N2/c1-14(17(2,3)4)15-6-8-16(9-7-15)19-12-10-18(5)11-13-19/h14-16H,6-13H2,1-5H3/t14-,15?,16?/m1/s1. The van der Waals surface area contributed by atoms with Crippen molar-refractivity contribution in [2.45, 2.75) is 59.4 Å². The molecule has 0 aromatic heterocycles. The SMILES string of the molecule is C[C@H](C1CCC(N2CCN(C)CC2)CC1)C(C)(C)C. The van der Waals surface area contributed by atoms with Gasteiger partial charge in [0.2, 0.25) is 0 Å². The van der Waals surface area contributed by atoms with Crippen LogP contribution in [0.1, 0.15) is 53.4 Å². The van der Waals surface area contributed by atoms with E-state index in [0.29, 0.717) is 5.41 Å². The number of rotatable bonds is 2. The lowest BCUT2D eigenvalue weighted by Crippen LogP contribution is -2.50. The Morgan fingerprint density at radius 1 is 0.895 bits per heavy atom. The van der Waals surface area contributed by atoms with Crippen molar-refractivity contribution in [1.29, 1.82) is 0 Å². The average Bonchev–Trinajstić information content (AvgIpc) is 2.38. The van der Waals surface area contributed by atoms with E-state index in [0.717, 1.165) is 17.9 Å². The van der Waals surface area contributed by atoms with Gasteiger partial charge >= 0.3 is 0 Å². The van der Waals surface area contributed by atoms with Crippen LogP contribution in [-0.4, -0.2) is 49.1 Å². The van der Waals surface area contributed by atoms with E-state index in [2.05, 4.69) is 44.5 Å². The zero-order valence-electron chi connectivity index (χ0n) is 13.8. The highest BCUT2D eigenvalue weighted by atomic mass is 15.3. The zero-order valence-corrected chi connectivity index (χ0v) is 13.8. The van der Waals surface area contributed by atoms with Crippen molar-refractivity contribution < 1.29 is 0 Å². The van der Waals surface area contributed by atoms with Gasteiger partial charge in [-0.25, -0.2) is 0 Å². The summed E-state index contributed by atoms with van der Waals surface area (Å²) in [6.07, 6.45) is 5.79. The number of nitrogens with zero attached hydrogens (tertiary/aromatic N) is 2. The minimum atomic E-state index is 0.478. The highest BCUT2D eigenvalue weighted by Crippen LogP contribution is 2.40. The van der Waals surface area contributed by atoms with Crippen molar-refractivity contribution in [3.8, 4) is 0 Å². The van der Waals surface area contributed by atoms with Crippen LogP contribution in [0.25, 0.3) is 0 Å². The first kappa shape index (κ1) is 15.3. The summed E-state index contributed by atoms with van der Waals surface area (Å²) >= 11 is 0. The summed E-state index contributed by atoms with van der Waals surface area (Å²) in [6, 6.07) is 0.886. The molecule has 0 bridgehead atoms. The second kappa shape index (κ2) is 6.13. The summed E-state index contributed by atoms with van der Waals surface area (Å²) in [6.45, 7) is 14.8. The molecule has 2 heteroatoms. The number of hydrogen-bond acceptors (Lipinski definition) is 2. The summed E-state index contributed by atoms with van der Waals surface area (Å²) in [5, 5.41) is 0. The molecule has 0 unspecified atom stereocenters. The monoisotopic (exact) mass is 266 g/mol. The van der Waals surface area contributed by atoms with Gasteiger partial charge < -0.3 is 4.90 Å². The van der Waals surface area contributed by atoms with E-state index in [4.69, 9.17) is 0 Å². The Labute approximate surface area is 120 Å². The maximum atomic E-state index is 2.76. The molecular weight excluding hydrogens is 232 g/mol. The molecule has 2 aliphatic rings. The van der Waals surface area contributed by atoms with Crippen LogP contribution in [0.3, 0.4) is 0 Å². The molecule has 112 valence electrons. The molecule has 0 spiro atoms. The van der Waals surface area contributed by atoms with Crippen LogP contribution in [-0.2, 0) is 0 Å². The third-order valence-corrected chi connectivity index (χ3v) is 5.87. The molecule has 0 aromatic carbocycles. The van der Waals surface area contributed by atoms with Gasteiger partial charge in [0.05, 0.1) is 0 Å². The molecule has 1 aliphatic carbocycles. The maximum absolute atomic E-state index is 2.76. The largest absolute Gasteiger partial charge is 0.304 e. The molecule has 1 atom stereocenters. The van der Waals surface area contributed by atoms with Crippen LogP contribution in [0, 0.1) is 17.3 Å². The minimum absolute atomic E-state index is 0.478. The zero-order chi connectivity index (χ0) is 14.0. The third-order valence-electron chi connectivity index (χ3n) is 5.87. The van der Waals surface area contributed by atoms with Crippen LogP contribution in [0.5, 0.6) is 0 Å². The summed E-state index contributed by atoms with van der Waals surface area (Å²) in [5.74, 6) is 1.82. The number of likely N-dealkylation sites (N-methyl/N-ethyl adjacent to an activating group) is 1. The first-order valence-corrected chi connectivity index (χ1v) is 8.30. The van der Waals surface area contributed by atoms with Gasteiger partial charge in [-0.1, -0.05) is 27.7 Å². The molecule has 0 radical (unpaired) electrons. The van der Waals surface area contributed by atoms with Crippen molar-refractivity contribution in [2.75, 3.05) is 33.2 Å². The summed E-state index contributed by atoms with van der Waals surface area (Å²) in [7, 11) is 2.25. The fourth-order valence-corrected chi connectivity index (χ4v) is 3.86. The van der Waals surface area contributed by atoms with Gasteiger partial charge in [-0.05, 0) is 50.0 Å². The Bertz CT molecular complexity index is 265. The van der Waals surface area contributed by atoms with Crippen LogP contribution < -0.4 is 0 Å². The maximum Gasteiger partial charge on any atom is 0.0113 e. The van der Waals surface area contributed by atoms with Gasteiger partial charge in [-0.3, -0.25) is 4.90 Å². The fourth-order valence-electron chi connectivity index (χ4n) is 3.86. The molecule has 19 heavy (non-hydrogen) atoms. The Morgan fingerprint density at radius 2 is 1.42 bits per heavy atom.